The lowest BCUT2D eigenvalue weighted by molar-refractivity contribution is -0.108. The molecule has 0 unspecified atom stereocenters. The van der Waals surface area contributed by atoms with Crippen molar-refractivity contribution in [1.82, 2.24) is 19.7 Å². The SMILES string of the molecule is Cc1c(CN2CC[C@]3(O)CCN(C(=O)N(C)C)C[C@@H]3C2)[nH]c2c(C)cccc12. The molecule has 2 N–H and O–H groups in total. The summed E-state index contributed by atoms with van der Waals surface area (Å²) in [6, 6.07) is 6.47. The number of nitrogens with one attached hydrogen (secondary N) is 1. The Labute approximate surface area is 167 Å². The Hall–Kier alpha value is -2.05. The fourth-order valence-corrected chi connectivity index (χ4v) is 4.91. The summed E-state index contributed by atoms with van der Waals surface area (Å²) >= 11 is 0. The predicted octanol–water partition coefficient (Wildman–Crippen LogP) is 2.73. The van der Waals surface area contributed by atoms with E-state index in [0.29, 0.717) is 19.5 Å². The number of urea groups is 1. The molecule has 3 heterocycles. The van der Waals surface area contributed by atoms with Crippen LogP contribution < -0.4 is 0 Å². The maximum Gasteiger partial charge on any atom is 0.319 e. The van der Waals surface area contributed by atoms with Gasteiger partial charge < -0.3 is 19.9 Å². The minimum Gasteiger partial charge on any atom is -0.389 e. The Morgan fingerprint density at radius 2 is 2.00 bits per heavy atom. The molecule has 0 saturated carbocycles. The van der Waals surface area contributed by atoms with E-state index in [0.717, 1.165) is 26.1 Å². The zero-order valence-electron chi connectivity index (χ0n) is 17.5. The third kappa shape index (κ3) is 3.29. The molecule has 0 bridgehead atoms. The number of hydrogen-bond acceptors (Lipinski definition) is 3. The monoisotopic (exact) mass is 384 g/mol. The number of carbonyl (C=O) groups is 1. The number of hydrogen-bond donors (Lipinski definition) is 2. The van der Waals surface area contributed by atoms with Crippen molar-refractivity contribution in [3.05, 3.63) is 35.0 Å². The number of rotatable bonds is 2. The highest BCUT2D eigenvalue weighted by atomic mass is 16.3. The number of aliphatic hydroxyl groups is 1. The van der Waals surface area contributed by atoms with Crippen LogP contribution in [0.25, 0.3) is 10.9 Å². The maximum absolute atomic E-state index is 12.4. The van der Waals surface area contributed by atoms with Gasteiger partial charge in [-0.1, -0.05) is 18.2 Å². The van der Waals surface area contributed by atoms with Crippen LogP contribution >= 0.6 is 0 Å². The van der Waals surface area contributed by atoms with Crippen LogP contribution in [0, 0.1) is 19.8 Å². The first-order valence-electron chi connectivity index (χ1n) is 10.3. The van der Waals surface area contributed by atoms with Gasteiger partial charge in [-0.25, -0.2) is 4.79 Å². The average molecular weight is 385 g/mol. The van der Waals surface area contributed by atoms with Gasteiger partial charge in [0.15, 0.2) is 0 Å². The van der Waals surface area contributed by atoms with Crippen molar-refractivity contribution in [2.45, 2.75) is 38.8 Å². The van der Waals surface area contributed by atoms with Crippen molar-refractivity contribution in [2.75, 3.05) is 40.3 Å². The number of piperidine rings is 2. The van der Waals surface area contributed by atoms with Crippen LogP contribution in [0.1, 0.15) is 29.7 Å². The van der Waals surface area contributed by atoms with E-state index < -0.39 is 5.60 Å². The molecular formula is C22H32N4O2. The summed E-state index contributed by atoms with van der Waals surface area (Å²) in [5.41, 5.74) is 4.43. The van der Waals surface area contributed by atoms with E-state index in [1.807, 2.05) is 4.90 Å². The number of nitrogens with zero attached hydrogens (tertiary/aromatic N) is 3. The number of amides is 2. The van der Waals surface area contributed by atoms with E-state index in [9.17, 15) is 9.90 Å². The lowest BCUT2D eigenvalue weighted by Gasteiger charge is -2.50. The summed E-state index contributed by atoms with van der Waals surface area (Å²) in [7, 11) is 3.58. The van der Waals surface area contributed by atoms with E-state index >= 15 is 0 Å². The van der Waals surface area contributed by atoms with Crippen molar-refractivity contribution in [2.24, 2.45) is 5.92 Å². The van der Waals surface area contributed by atoms with E-state index in [1.54, 1.807) is 19.0 Å². The van der Waals surface area contributed by atoms with Crippen LogP contribution in [-0.2, 0) is 6.54 Å². The van der Waals surface area contributed by atoms with Gasteiger partial charge in [0, 0.05) is 69.3 Å². The standard InChI is InChI=1S/C22H32N4O2/c1-15-6-5-7-18-16(2)19(23-20(15)18)14-25-10-8-22(28)9-11-26(13-17(22)12-25)21(27)24(3)4/h5-7,17,23,28H,8-14H2,1-4H3/t17-,22-/m0/s1. The minimum atomic E-state index is -0.633. The van der Waals surface area contributed by atoms with Crippen molar-refractivity contribution < 1.29 is 9.90 Å². The molecular weight excluding hydrogens is 352 g/mol. The second-order valence-electron chi connectivity index (χ2n) is 8.88. The van der Waals surface area contributed by atoms with Crippen molar-refractivity contribution in [1.29, 1.82) is 0 Å². The minimum absolute atomic E-state index is 0.0427. The lowest BCUT2D eigenvalue weighted by Crippen LogP contribution is -2.61. The highest BCUT2D eigenvalue weighted by molar-refractivity contribution is 5.86. The first-order chi connectivity index (χ1) is 13.3. The molecule has 0 spiro atoms. The zero-order chi connectivity index (χ0) is 20.1. The summed E-state index contributed by atoms with van der Waals surface area (Å²) in [6.07, 6.45) is 1.45. The van der Waals surface area contributed by atoms with Crippen molar-refractivity contribution >= 4 is 16.9 Å². The van der Waals surface area contributed by atoms with Gasteiger partial charge >= 0.3 is 6.03 Å². The summed E-state index contributed by atoms with van der Waals surface area (Å²) < 4.78 is 0. The van der Waals surface area contributed by atoms with Crippen LogP contribution in [0.15, 0.2) is 18.2 Å². The molecule has 1 aromatic carbocycles. The third-order valence-electron chi connectivity index (χ3n) is 6.80. The zero-order valence-corrected chi connectivity index (χ0v) is 17.5. The summed E-state index contributed by atoms with van der Waals surface area (Å²) in [6.45, 7) is 8.17. The number of aromatic amines is 1. The normalized spacial score (nSPS) is 25.8. The molecule has 2 aliphatic heterocycles. The number of H-pyrrole nitrogens is 1. The van der Waals surface area contributed by atoms with Gasteiger partial charge in [0.25, 0.3) is 0 Å². The molecule has 0 radical (unpaired) electrons. The van der Waals surface area contributed by atoms with Crippen LogP contribution in [0.3, 0.4) is 0 Å². The number of benzene rings is 1. The quantitative estimate of drug-likeness (QED) is 0.837. The smallest absolute Gasteiger partial charge is 0.319 e. The molecule has 2 aromatic rings. The number of para-hydroxylation sites is 1. The summed E-state index contributed by atoms with van der Waals surface area (Å²) in [5.74, 6) is 0.102. The Kier molecular flexibility index (Phi) is 4.88. The molecule has 2 saturated heterocycles. The molecule has 6 nitrogen and oxygen atoms in total. The molecule has 2 fully saturated rings. The van der Waals surface area contributed by atoms with Crippen molar-refractivity contribution in [3.63, 3.8) is 0 Å². The van der Waals surface area contributed by atoms with Crippen LogP contribution in [0.2, 0.25) is 0 Å². The van der Waals surface area contributed by atoms with Gasteiger partial charge in [0.2, 0.25) is 0 Å². The van der Waals surface area contributed by atoms with E-state index in [4.69, 9.17) is 0 Å². The van der Waals surface area contributed by atoms with Gasteiger partial charge in [-0.2, -0.15) is 0 Å². The Morgan fingerprint density at radius 1 is 1.25 bits per heavy atom. The molecule has 28 heavy (non-hydrogen) atoms. The second kappa shape index (κ2) is 7.08. The molecule has 2 atom stereocenters. The number of carbonyl (C=O) groups excluding carboxylic acids is 1. The third-order valence-corrected chi connectivity index (χ3v) is 6.80. The topological polar surface area (TPSA) is 62.8 Å². The highest BCUT2D eigenvalue weighted by Gasteiger charge is 2.46. The number of fused-ring (bicyclic) bond motifs is 2. The van der Waals surface area contributed by atoms with Crippen LogP contribution in [0.4, 0.5) is 4.79 Å². The largest absolute Gasteiger partial charge is 0.389 e. The Morgan fingerprint density at radius 3 is 2.71 bits per heavy atom. The number of aromatic nitrogens is 1. The fraction of sp³-hybridized carbons (Fsp3) is 0.591. The van der Waals surface area contributed by atoms with Gasteiger partial charge in [-0.15, -0.1) is 0 Å². The average Bonchev–Trinajstić information content (AvgIpc) is 2.98. The summed E-state index contributed by atoms with van der Waals surface area (Å²) in [5, 5.41) is 12.4. The Balaban J connectivity index is 1.50. The Bertz CT molecular complexity index is 890. The predicted molar refractivity (Wildman–Crippen MR) is 111 cm³/mol. The maximum atomic E-state index is 12.4. The molecule has 0 aliphatic carbocycles. The summed E-state index contributed by atoms with van der Waals surface area (Å²) in [4.78, 5) is 21.9. The van der Waals surface area contributed by atoms with E-state index in [1.165, 1.54) is 27.7 Å². The van der Waals surface area contributed by atoms with E-state index in [-0.39, 0.29) is 11.9 Å². The highest BCUT2D eigenvalue weighted by Crippen LogP contribution is 2.36. The lowest BCUT2D eigenvalue weighted by atomic mass is 9.75. The first-order valence-corrected chi connectivity index (χ1v) is 10.3. The van der Waals surface area contributed by atoms with Gasteiger partial charge in [0.05, 0.1) is 5.60 Å². The second-order valence-corrected chi connectivity index (χ2v) is 8.88. The number of likely N-dealkylation sites (tertiary alicyclic amines) is 2. The molecule has 4 rings (SSSR count). The first kappa shape index (κ1) is 19.3. The van der Waals surface area contributed by atoms with Gasteiger partial charge in [0.1, 0.15) is 0 Å². The van der Waals surface area contributed by atoms with E-state index in [2.05, 4.69) is 41.9 Å². The molecule has 152 valence electrons. The van der Waals surface area contributed by atoms with Gasteiger partial charge in [-0.05, 0) is 37.8 Å². The molecule has 2 aliphatic rings. The van der Waals surface area contributed by atoms with Crippen molar-refractivity contribution in [3.8, 4) is 0 Å². The van der Waals surface area contributed by atoms with Crippen LogP contribution in [-0.4, -0.2) is 76.7 Å². The number of aryl methyl sites for hydroxylation is 2. The van der Waals surface area contributed by atoms with Crippen LogP contribution in [0.5, 0.6) is 0 Å². The molecule has 2 amide bonds. The molecule has 6 heteroatoms. The van der Waals surface area contributed by atoms with Gasteiger partial charge in [-0.3, -0.25) is 4.90 Å². The molecule has 1 aromatic heterocycles. The fourth-order valence-electron chi connectivity index (χ4n) is 4.91.